The zero-order valence-corrected chi connectivity index (χ0v) is 22.6. The van der Waals surface area contributed by atoms with Crippen molar-refractivity contribution in [2.45, 2.75) is 32.8 Å². The minimum Gasteiger partial charge on any atom is -0.383 e. The molecule has 0 bridgehead atoms. The number of carbonyl (C=O) groups is 1. The first-order valence-corrected chi connectivity index (χ1v) is 13.0. The van der Waals surface area contributed by atoms with E-state index < -0.39 is 18.0 Å². The number of rotatable bonds is 10. The second kappa shape index (κ2) is 12.1. The van der Waals surface area contributed by atoms with Crippen molar-refractivity contribution in [3.8, 4) is 16.9 Å². The molecule has 40 heavy (non-hydrogen) atoms. The van der Waals surface area contributed by atoms with Gasteiger partial charge in [0.2, 0.25) is 11.9 Å². The van der Waals surface area contributed by atoms with Crippen LogP contribution in [0.15, 0.2) is 54.9 Å². The van der Waals surface area contributed by atoms with E-state index in [1.54, 1.807) is 29.2 Å². The molecule has 1 aliphatic rings. The van der Waals surface area contributed by atoms with Crippen molar-refractivity contribution in [3.63, 3.8) is 0 Å². The molecule has 1 aliphatic heterocycles. The number of hydroxylamine groups is 2. The average molecular weight is 549 g/mol. The van der Waals surface area contributed by atoms with Crippen molar-refractivity contribution in [2.24, 2.45) is 5.92 Å². The van der Waals surface area contributed by atoms with Gasteiger partial charge >= 0.3 is 0 Å². The van der Waals surface area contributed by atoms with Gasteiger partial charge in [-0.15, -0.1) is 0 Å². The fraction of sp³-hybridized carbons (Fsp3) is 0.345. The molecule has 4 heterocycles. The van der Waals surface area contributed by atoms with E-state index in [4.69, 9.17) is 14.7 Å². The number of hydrogen-bond donors (Lipinski definition) is 0. The minimum atomic E-state index is -0.936. The van der Waals surface area contributed by atoms with Gasteiger partial charge in [-0.2, -0.15) is 23.9 Å². The summed E-state index contributed by atoms with van der Waals surface area (Å²) in [4.78, 5) is 31.4. The van der Waals surface area contributed by atoms with Crippen molar-refractivity contribution in [2.75, 3.05) is 26.8 Å². The lowest BCUT2D eigenvalue weighted by molar-refractivity contribution is -0.155. The zero-order valence-electron chi connectivity index (χ0n) is 22.6. The first-order chi connectivity index (χ1) is 19.3. The lowest BCUT2D eigenvalue weighted by Gasteiger charge is -2.18. The number of para-hydroxylation sites is 1. The van der Waals surface area contributed by atoms with Crippen LogP contribution in [0.2, 0.25) is 0 Å². The summed E-state index contributed by atoms with van der Waals surface area (Å²) in [7, 11) is 1.58. The quantitative estimate of drug-likeness (QED) is 0.270. The number of halogens is 2. The average Bonchev–Trinajstić information content (AvgIpc) is 3.48. The van der Waals surface area contributed by atoms with Gasteiger partial charge in [-0.25, -0.2) is 14.6 Å². The highest BCUT2D eigenvalue weighted by Crippen LogP contribution is 2.37. The molecule has 0 N–H and O–H groups in total. The highest BCUT2D eigenvalue weighted by Gasteiger charge is 2.37. The molecule has 4 aromatic rings. The van der Waals surface area contributed by atoms with E-state index in [-0.39, 0.29) is 24.5 Å². The Morgan fingerprint density at radius 3 is 2.48 bits per heavy atom. The third kappa shape index (κ3) is 6.11. The number of aryl methyl sites for hydroxylation is 1. The Hall–Kier alpha value is -3.93. The molecule has 1 fully saturated rings. The Morgan fingerprint density at radius 1 is 1.10 bits per heavy atom. The molecule has 1 aromatic carbocycles. The normalized spacial score (nSPS) is 17.4. The van der Waals surface area contributed by atoms with Gasteiger partial charge in [0.25, 0.3) is 0 Å². The molecular formula is C29H30F2N6O3. The highest BCUT2D eigenvalue weighted by atomic mass is 19.1. The van der Waals surface area contributed by atoms with Gasteiger partial charge in [0.05, 0.1) is 23.7 Å². The molecule has 0 unspecified atom stereocenters. The van der Waals surface area contributed by atoms with Gasteiger partial charge in [-0.3, -0.25) is 9.63 Å². The van der Waals surface area contributed by atoms with E-state index in [0.29, 0.717) is 36.8 Å². The number of Topliss-reactive ketones (excluding diaryl/α,β-unsaturated/α-hetero) is 1. The van der Waals surface area contributed by atoms with Crippen LogP contribution in [0.25, 0.3) is 16.9 Å². The summed E-state index contributed by atoms with van der Waals surface area (Å²) >= 11 is 0. The first kappa shape index (κ1) is 27.6. The highest BCUT2D eigenvalue weighted by molar-refractivity contribution is 5.82. The third-order valence-electron chi connectivity index (χ3n) is 6.94. The van der Waals surface area contributed by atoms with E-state index >= 15 is 0 Å². The number of pyridine rings is 1. The second-order valence-electron chi connectivity index (χ2n) is 9.82. The van der Waals surface area contributed by atoms with Gasteiger partial charge < -0.3 is 4.74 Å². The Kier molecular flexibility index (Phi) is 8.34. The standard InChI is InChI=1S/C29H30F2N6O3/c1-18-25(37(23-7-5-4-6-8-23)35-28(18)22-15-32-19(2)33-16-22)14-24(38)11-21-17-36(9-10-39-3)40-29(21)20-12-26(30)34-27(31)13-20/h4-8,12-13,15-16,21,29H,9-11,14,17H2,1-3H3/t21-,29+/m0/s1. The summed E-state index contributed by atoms with van der Waals surface area (Å²) in [6.45, 7) is 5.02. The van der Waals surface area contributed by atoms with Crippen LogP contribution < -0.4 is 0 Å². The van der Waals surface area contributed by atoms with Crippen LogP contribution >= 0.6 is 0 Å². The van der Waals surface area contributed by atoms with Crippen molar-refractivity contribution in [1.29, 1.82) is 0 Å². The van der Waals surface area contributed by atoms with Crippen molar-refractivity contribution < 1.29 is 23.1 Å². The molecule has 0 radical (unpaired) electrons. The maximum absolute atomic E-state index is 13.9. The minimum absolute atomic E-state index is 0.0471. The number of ketones is 1. The molecule has 9 nitrogen and oxygen atoms in total. The van der Waals surface area contributed by atoms with E-state index in [1.807, 2.05) is 44.2 Å². The van der Waals surface area contributed by atoms with Crippen LogP contribution in [-0.4, -0.2) is 62.4 Å². The number of benzene rings is 1. The maximum Gasteiger partial charge on any atom is 0.215 e. The second-order valence-corrected chi connectivity index (χ2v) is 9.82. The zero-order chi connectivity index (χ0) is 28.2. The van der Waals surface area contributed by atoms with Gasteiger partial charge in [0.15, 0.2) is 0 Å². The summed E-state index contributed by atoms with van der Waals surface area (Å²) in [6.07, 6.45) is 3.00. The van der Waals surface area contributed by atoms with E-state index in [0.717, 1.165) is 34.6 Å². The molecule has 0 spiro atoms. The summed E-state index contributed by atoms with van der Waals surface area (Å²) in [5.74, 6) is -1.60. The van der Waals surface area contributed by atoms with Gasteiger partial charge in [-0.05, 0) is 49.2 Å². The summed E-state index contributed by atoms with van der Waals surface area (Å²) in [5, 5.41) is 6.52. The lowest BCUT2D eigenvalue weighted by Crippen LogP contribution is -2.24. The van der Waals surface area contributed by atoms with E-state index in [2.05, 4.69) is 15.0 Å². The first-order valence-electron chi connectivity index (χ1n) is 13.0. The summed E-state index contributed by atoms with van der Waals surface area (Å²) in [6, 6.07) is 11.9. The molecule has 1 saturated heterocycles. The molecule has 5 rings (SSSR count). The maximum atomic E-state index is 13.9. The lowest BCUT2D eigenvalue weighted by atomic mass is 9.90. The van der Waals surface area contributed by atoms with E-state index in [1.165, 1.54) is 0 Å². The van der Waals surface area contributed by atoms with Crippen molar-refractivity contribution >= 4 is 5.78 Å². The van der Waals surface area contributed by atoms with Crippen molar-refractivity contribution in [1.82, 2.24) is 29.8 Å². The number of nitrogens with zero attached hydrogens (tertiary/aromatic N) is 6. The monoisotopic (exact) mass is 548 g/mol. The van der Waals surface area contributed by atoms with Crippen molar-refractivity contribution in [3.05, 3.63) is 89.4 Å². The van der Waals surface area contributed by atoms with Crippen LogP contribution in [0.3, 0.4) is 0 Å². The molecule has 0 saturated carbocycles. The Balaban J connectivity index is 1.43. The Bertz CT molecular complexity index is 1460. The topological polar surface area (TPSA) is 95.3 Å². The van der Waals surface area contributed by atoms with Crippen LogP contribution in [0, 0.1) is 31.7 Å². The number of ether oxygens (including phenoxy) is 1. The molecule has 11 heteroatoms. The number of aromatic nitrogens is 5. The van der Waals surface area contributed by atoms with Crippen LogP contribution in [0.1, 0.15) is 35.2 Å². The Labute approximate surface area is 230 Å². The SMILES string of the molecule is COCCN1C[C@H](CC(=O)Cc2c(C)c(-c3cnc(C)nc3)nn2-c2ccccc2)[C@@H](c2cc(F)nc(F)c2)O1. The predicted octanol–water partition coefficient (Wildman–Crippen LogP) is 4.37. The fourth-order valence-electron chi connectivity index (χ4n) is 5.00. The molecular weight excluding hydrogens is 518 g/mol. The van der Waals surface area contributed by atoms with Crippen LogP contribution in [-0.2, 0) is 20.8 Å². The summed E-state index contributed by atoms with van der Waals surface area (Å²) in [5.41, 5.74) is 4.18. The Morgan fingerprint density at radius 2 is 1.80 bits per heavy atom. The number of carbonyl (C=O) groups excluding carboxylic acids is 1. The molecule has 0 aliphatic carbocycles. The smallest absolute Gasteiger partial charge is 0.215 e. The van der Waals surface area contributed by atoms with Crippen LogP contribution in [0.5, 0.6) is 0 Å². The third-order valence-corrected chi connectivity index (χ3v) is 6.94. The molecule has 2 atom stereocenters. The van der Waals surface area contributed by atoms with Gasteiger partial charge in [-0.1, -0.05) is 18.2 Å². The molecule has 0 amide bonds. The fourth-order valence-corrected chi connectivity index (χ4v) is 5.00. The predicted molar refractivity (Wildman–Crippen MR) is 142 cm³/mol. The summed E-state index contributed by atoms with van der Waals surface area (Å²) < 4.78 is 34.8. The van der Waals surface area contributed by atoms with Gasteiger partial charge in [0.1, 0.15) is 17.7 Å². The number of hydrogen-bond acceptors (Lipinski definition) is 8. The largest absolute Gasteiger partial charge is 0.383 e. The number of methoxy groups -OCH3 is 1. The molecule has 208 valence electrons. The molecule has 3 aromatic heterocycles. The van der Waals surface area contributed by atoms with E-state index in [9.17, 15) is 13.6 Å². The van der Waals surface area contributed by atoms with Gasteiger partial charge in [0, 0.05) is 56.9 Å². The van der Waals surface area contributed by atoms with Crippen LogP contribution in [0.4, 0.5) is 8.78 Å².